The minimum absolute atomic E-state index is 0.477. The number of nitriles is 1. The lowest BCUT2D eigenvalue weighted by Crippen LogP contribution is -2.05. The molecule has 0 amide bonds. The van der Waals surface area contributed by atoms with Gasteiger partial charge in [0.05, 0.1) is 33.9 Å². The van der Waals surface area contributed by atoms with Gasteiger partial charge in [0.15, 0.2) is 0 Å². The first-order chi connectivity index (χ1) is 10.2. The Kier molecular flexibility index (Phi) is 5.97. The quantitative estimate of drug-likeness (QED) is 0.731. The Labute approximate surface area is 135 Å². The summed E-state index contributed by atoms with van der Waals surface area (Å²) in [6.45, 7) is 0.477. The summed E-state index contributed by atoms with van der Waals surface area (Å²) in [5.41, 5.74) is 0.573. The van der Waals surface area contributed by atoms with Crippen LogP contribution < -0.4 is 4.74 Å². The van der Waals surface area contributed by atoms with Crippen LogP contribution in [0.2, 0.25) is 0 Å². The van der Waals surface area contributed by atoms with Gasteiger partial charge >= 0.3 is 0 Å². The van der Waals surface area contributed by atoms with Gasteiger partial charge in [-0.3, -0.25) is 4.21 Å². The number of ether oxygens (including phenoxy) is 1. The first kappa shape index (κ1) is 15.7. The average molecular weight is 364 g/mol. The molecule has 2 aromatic carbocycles. The molecule has 0 aromatic heterocycles. The Morgan fingerprint density at radius 2 is 2.00 bits per heavy atom. The van der Waals surface area contributed by atoms with E-state index in [4.69, 9.17) is 10.00 Å². The zero-order valence-corrected chi connectivity index (χ0v) is 13.7. The van der Waals surface area contributed by atoms with E-state index in [0.29, 0.717) is 30.1 Å². The molecule has 2 rings (SSSR count). The number of hydrogen-bond donors (Lipinski definition) is 0. The molecule has 0 N–H and O–H groups in total. The molecule has 2 aromatic rings. The van der Waals surface area contributed by atoms with Crippen LogP contribution in [-0.4, -0.2) is 16.6 Å². The van der Waals surface area contributed by atoms with Crippen molar-refractivity contribution in [3.8, 4) is 11.8 Å². The second kappa shape index (κ2) is 7.96. The number of nitrogens with zero attached hydrogens (tertiary/aromatic N) is 1. The number of hydrogen-bond acceptors (Lipinski definition) is 3. The molecule has 0 aliphatic rings. The van der Waals surface area contributed by atoms with E-state index >= 15 is 0 Å². The third-order valence-corrected chi connectivity index (χ3v) is 5.25. The molecule has 108 valence electrons. The summed E-state index contributed by atoms with van der Waals surface area (Å²) >= 11 is 3.40. The average Bonchev–Trinajstić information content (AvgIpc) is 2.52. The molecule has 0 heterocycles. The van der Waals surface area contributed by atoms with Crippen molar-refractivity contribution >= 4 is 26.7 Å². The van der Waals surface area contributed by atoms with Crippen LogP contribution >= 0.6 is 15.9 Å². The van der Waals surface area contributed by atoms with Gasteiger partial charge in [-0.05, 0) is 52.7 Å². The second-order valence-corrected chi connectivity index (χ2v) is 6.72. The van der Waals surface area contributed by atoms with Gasteiger partial charge in [-0.2, -0.15) is 5.26 Å². The third kappa shape index (κ3) is 4.69. The fourth-order valence-electron chi connectivity index (χ4n) is 1.77. The first-order valence-electron chi connectivity index (χ1n) is 6.46. The predicted octanol–water partition coefficient (Wildman–Crippen LogP) is 3.90. The molecule has 0 saturated heterocycles. The van der Waals surface area contributed by atoms with E-state index < -0.39 is 10.8 Å². The van der Waals surface area contributed by atoms with Crippen LogP contribution in [0.15, 0.2) is 57.9 Å². The maximum absolute atomic E-state index is 12.2. The maximum Gasteiger partial charge on any atom is 0.120 e. The fourth-order valence-corrected chi connectivity index (χ4v) is 3.72. The zero-order chi connectivity index (χ0) is 15.1. The molecular formula is C16H14BrNO2S. The SMILES string of the molecule is N#Cc1cccc(OCCCS(=O)c2ccccc2Br)c1. The van der Waals surface area contributed by atoms with Gasteiger partial charge < -0.3 is 4.74 Å². The molecule has 3 nitrogen and oxygen atoms in total. The van der Waals surface area contributed by atoms with Crippen molar-refractivity contribution < 1.29 is 8.95 Å². The van der Waals surface area contributed by atoms with Gasteiger partial charge in [0.2, 0.25) is 0 Å². The van der Waals surface area contributed by atoms with Crippen LogP contribution in [0.1, 0.15) is 12.0 Å². The van der Waals surface area contributed by atoms with Crippen LogP contribution in [0.4, 0.5) is 0 Å². The van der Waals surface area contributed by atoms with Crippen LogP contribution in [0, 0.1) is 11.3 Å². The lowest BCUT2D eigenvalue weighted by molar-refractivity contribution is 0.318. The highest BCUT2D eigenvalue weighted by Gasteiger charge is 2.07. The standard InChI is InChI=1S/C16H14BrNO2S/c17-15-7-1-2-8-16(15)21(19)10-4-9-20-14-6-3-5-13(11-14)12-18/h1-3,5-8,11H,4,9-10H2. The van der Waals surface area contributed by atoms with Crippen LogP contribution in [0.5, 0.6) is 5.75 Å². The van der Waals surface area contributed by atoms with E-state index in [1.165, 1.54) is 0 Å². The van der Waals surface area contributed by atoms with E-state index in [9.17, 15) is 4.21 Å². The third-order valence-electron chi connectivity index (χ3n) is 2.79. The minimum atomic E-state index is -1.04. The molecule has 0 saturated carbocycles. The van der Waals surface area contributed by atoms with Crippen LogP contribution in [-0.2, 0) is 10.8 Å². The van der Waals surface area contributed by atoms with Crippen molar-refractivity contribution in [3.63, 3.8) is 0 Å². The summed E-state index contributed by atoms with van der Waals surface area (Å²) in [4.78, 5) is 0.809. The highest BCUT2D eigenvalue weighted by Crippen LogP contribution is 2.20. The molecule has 0 radical (unpaired) electrons. The van der Waals surface area contributed by atoms with Gasteiger partial charge in [0, 0.05) is 10.2 Å². The predicted molar refractivity (Wildman–Crippen MR) is 86.7 cm³/mol. The Morgan fingerprint density at radius 1 is 1.19 bits per heavy atom. The molecule has 0 fully saturated rings. The number of benzene rings is 2. The molecule has 0 aliphatic heterocycles. The van der Waals surface area contributed by atoms with Crippen LogP contribution in [0.25, 0.3) is 0 Å². The van der Waals surface area contributed by atoms with Crippen LogP contribution in [0.3, 0.4) is 0 Å². The molecule has 21 heavy (non-hydrogen) atoms. The first-order valence-corrected chi connectivity index (χ1v) is 8.58. The summed E-state index contributed by atoms with van der Waals surface area (Å²) in [5.74, 6) is 1.21. The van der Waals surface area contributed by atoms with Crippen molar-refractivity contribution in [2.45, 2.75) is 11.3 Å². The maximum atomic E-state index is 12.2. The summed E-state index contributed by atoms with van der Waals surface area (Å²) < 4.78 is 18.6. The highest BCUT2D eigenvalue weighted by atomic mass is 79.9. The van der Waals surface area contributed by atoms with Gasteiger partial charge in [-0.15, -0.1) is 0 Å². The molecule has 1 unspecified atom stereocenters. The smallest absolute Gasteiger partial charge is 0.120 e. The Balaban J connectivity index is 1.81. The molecule has 5 heteroatoms. The van der Waals surface area contributed by atoms with E-state index in [1.807, 2.05) is 30.3 Å². The summed E-state index contributed by atoms with van der Waals surface area (Å²) in [7, 11) is -1.04. The lowest BCUT2D eigenvalue weighted by atomic mass is 10.2. The minimum Gasteiger partial charge on any atom is -0.494 e. The van der Waals surface area contributed by atoms with Crippen molar-refractivity contribution in [2.24, 2.45) is 0 Å². The van der Waals surface area contributed by atoms with E-state index in [2.05, 4.69) is 22.0 Å². The highest BCUT2D eigenvalue weighted by molar-refractivity contribution is 9.10. The van der Waals surface area contributed by atoms with Crippen molar-refractivity contribution in [1.29, 1.82) is 5.26 Å². The van der Waals surface area contributed by atoms with Gasteiger partial charge in [-0.1, -0.05) is 18.2 Å². The van der Waals surface area contributed by atoms with E-state index in [0.717, 1.165) is 9.37 Å². The Morgan fingerprint density at radius 3 is 2.76 bits per heavy atom. The number of rotatable bonds is 6. The van der Waals surface area contributed by atoms with Crippen molar-refractivity contribution in [1.82, 2.24) is 0 Å². The molecule has 0 spiro atoms. The second-order valence-electron chi connectivity index (χ2n) is 4.32. The monoisotopic (exact) mass is 363 g/mol. The summed E-state index contributed by atoms with van der Waals surface area (Å²) in [6.07, 6.45) is 0.685. The molecule has 0 aliphatic carbocycles. The molecule has 1 atom stereocenters. The largest absolute Gasteiger partial charge is 0.494 e. The normalized spacial score (nSPS) is 11.6. The Bertz CT molecular complexity index is 682. The summed E-state index contributed by atoms with van der Waals surface area (Å²) in [6, 6.07) is 16.6. The van der Waals surface area contributed by atoms with E-state index in [-0.39, 0.29) is 0 Å². The zero-order valence-electron chi connectivity index (χ0n) is 11.3. The van der Waals surface area contributed by atoms with Crippen molar-refractivity contribution in [3.05, 3.63) is 58.6 Å². The van der Waals surface area contributed by atoms with Gasteiger partial charge in [0.1, 0.15) is 5.75 Å². The fraction of sp³-hybridized carbons (Fsp3) is 0.188. The van der Waals surface area contributed by atoms with Gasteiger partial charge in [0.25, 0.3) is 0 Å². The number of halogens is 1. The van der Waals surface area contributed by atoms with Crippen molar-refractivity contribution in [2.75, 3.05) is 12.4 Å². The molecule has 0 bridgehead atoms. The lowest BCUT2D eigenvalue weighted by Gasteiger charge is -2.07. The van der Waals surface area contributed by atoms with E-state index in [1.54, 1.807) is 18.2 Å². The van der Waals surface area contributed by atoms with Gasteiger partial charge in [-0.25, -0.2) is 0 Å². The molecular weight excluding hydrogens is 350 g/mol. The topological polar surface area (TPSA) is 50.1 Å². The Hall–Kier alpha value is -1.64. The summed E-state index contributed by atoms with van der Waals surface area (Å²) in [5, 5.41) is 8.81.